The van der Waals surface area contributed by atoms with Gasteiger partial charge < -0.3 is 9.30 Å². The van der Waals surface area contributed by atoms with Crippen molar-refractivity contribution in [2.75, 3.05) is 0 Å². The molecule has 0 aliphatic heterocycles. The van der Waals surface area contributed by atoms with Gasteiger partial charge in [-0.25, -0.2) is 9.37 Å². The fraction of sp³-hybridized carbons (Fsp3) is 0.300. The van der Waals surface area contributed by atoms with Crippen molar-refractivity contribution in [1.29, 1.82) is 0 Å². The Hall–Kier alpha value is -4.02. The molecular formula is C40H39FN4OPt. The summed E-state index contributed by atoms with van der Waals surface area (Å²) in [6, 6.07) is 27.5. The first-order valence-electron chi connectivity index (χ1n) is 16.4. The summed E-state index contributed by atoms with van der Waals surface area (Å²) in [5.41, 5.74) is 7.66. The van der Waals surface area contributed by atoms with Gasteiger partial charge in [-0.2, -0.15) is 17.2 Å². The van der Waals surface area contributed by atoms with E-state index in [1.165, 1.54) is 36.7 Å². The number of nitrogens with zero attached hydrogens (tertiary/aromatic N) is 4. The van der Waals surface area contributed by atoms with E-state index >= 15 is 0 Å². The van der Waals surface area contributed by atoms with Crippen LogP contribution < -0.4 is 4.74 Å². The molecule has 0 radical (unpaired) electrons. The van der Waals surface area contributed by atoms with Gasteiger partial charge in [-0.1, -0.05) is 62.6 Å². The zero-order valence-corrected chi connectivity index (χ0v) is 29.7. The first kappa shape index (κ1) is 32.9. The smallest absolute Gasteiger partial charge is 0.509 e. The summed E-state index contributed by atoms with van der Waals surface area (Å²) in [5, 5.41) is 7.08. The Morgan fingerprint density at radius 2 is 1.72 bits per heavy atom. The number of aryl methyl sites for hydroxylation is 1. The Labute approximate surface area is 290 Å². The van der Waals surface area contributed by atoms with Crippen molar-refractivity contribution in [2.24, 2.45) is 11.8 Å². The van der Waals surface area contributed by atoms with E-state index in [4.69, 9.17) is 9.84 Å². The Morgan fingerprint density at radius 1 is 0.915 bits per heavy atom. The predicted octanol–water partition coefficient (Wildman–Crippen LogP) is 10.4. The molecule has 6 aromatic rings. The fourth-order valence-electron chi connectivity index (χ4n) is 7.51. The summed E-state index contributed by atoms with van der Waals surface area (Å²) in [6.45, 7) is 11.2. The van der Waals surface area contributed by atoms with Gasteiger partial charge in [-0.05, 0) is 68.2 Å². The maximum absolute atomic E-state index is 14.3. The van der Waals surface area contributed by atoms with E-state index in [0.717, 1.165) is 51.7 Å². The minimum absolute atomic E-state index is 0. The average Bonchev–Trinajstić information content (AvgIpc) is 3.56. The number of pyridine rings is 1. The third-order valence-corrected chi connectivity index (χ3v) is 9.74. The molecule has 1 aliphatic carbocycles. The van der Waals surface area contributed by atoms with Gasteiger partial charge in [0, 0.05) is 46.5 Å². The molecule has 0 amide bonds. The summed E-state index contributed by atoms with van der Waals surface area (Å²) in [4.78, 5) is 4.46. The first-order chi connectivity index (χ1) is 22.4. The molecular weight excluding hydrogens is 767 g/mol. The zero-order chi connectivity index (χ0) is 31.9. The van der Waals surface area contributed by atoms with Gasteiger partial charge in [0.2, 0.25) is 0 Å². The predicted molar refractivity (Wildman–Crippen MR) is 183 cm³/mol. The number of hydrogen-bond donors (Lipinski definition) is 0. The van der Waals surface area contributed by atoms with Crippen LogP contribution in [0.15, 0.2) is 84.6 Å². The van der Waals surface area contributed by atoms with Crippen LogP contribution in [0.5, 0.6) is 11.5 Å². The quantitative estimate of drug-likeness (QED) is 0.114. The number of halogens is 1. The van der Waals surface area contributed by atoms with Crippen molar-refractivity contribution in [1.82, 2.24) is 19.3 Å². The summed E-state index contributed by atoms with van der Waals surface area (Å²) in [7, 11) is 0. The van der Waals surface area contributed by atoms with Crippen LogP contribution in [-0.4, -0.2) is 19.3 Å². The maximum Gasteiger partial charge on any atom is 2.00 e. The van der Waals surface area contributed by atoms with Crippen molar-refractivity contribution >= 4 is 21.8 Å². The van der Waals surface area contributed by atoms with Crippen molar-refractivity contribution in [3.05, 3.63) is 119 Å². The SMILES string of the molecule is CCC1=C[C@H](CC)C[C@H](CC)C1c1c(C)nn(-c2[c-]c(Oc3[c-]c4c(cc3)c3ccccc3n4-c3cc(F)ccn3)ccc2)c1C.[Pt+2]. The Morgan fingerprint density at radius 3 is 2.49 bits per heavy atom. The zero-order valence-electron chi connectivity index (χ0n) is 27.5. The van der Waals surface area contributed by atoms with E-state index in [0.29, 0.717) is 35.1 Å². The minimum atomic E-state index is -0.345. The van der Waals surface area contributed by atoms with Gasteiger partial charge in [0.25, 0.3) is 0 Å². The van der Waals surface area contributed by atoms with Crippen molar-refractivity contribution in [2.45, 2.75) is 66.2 Å². The molecule has 7 rings (SSSR count). The van der Waals surface area contributed by atoms with E-state index in [1.807, 2.05) is 57.8 Å². The standard InChI is InChI=1S/C40H39FN4O.Pt/c1-6-27-20-28(7-2)40(29(8-3)21-27)39-25(4)43-45(26(39)5)31-12-11-13-32(23-31)46-33-16-17-35-34-14-9-10-15-36(34)44(37(35)24-33)38-22-30(41)18-19-42-38;/h9-20,22,27,29,40H,6-8,21H2,1-5H3;/q-2;+2/t27-,29-,40?;/m0./s1. The van der Waals surface area contributed by atoms with Gasteiger partial charge in [0.1, 0.15) is 11.6 Å². The number of ether oxygens (including phenoxy) is 1. The third-order valence-electron chi connectivity index (χ3n) is 9.74. The van der Waals surface area contributed by atoms with Gasteiger partial charge in [-0.15, -0.1) is 35.7 Å². The van der Waals surface area contributed by atoms with E-state index < -0.39 is 0 Å². The van der Waals surface area contributed by atoms with Crippen LogP contribution >= 0.6 is 0 Å². The average molecular weight is 806 g/mol. The van der Waals surface area contributed by atoms with Crippen LogP contribution in [-0.2, 0) is 21.1 Å². The van der Waals surface area contributed by atoms with E-state index in [1.54, 1.807) is 5.57 Å². The summed E-state index contributed by atoms with van der Waals surface area (Å²) < 4.78 is 24.6. The number of aromatic nitrogens is 4. The van der Waals surface area contributed by atoms with E-state index in [2.05, 4.69) is 63.9 Å². The van der Waals surface area contributed by atoms with Crippen LogP contribution in [0.3, 0.4) is 0 Å². The fourth-order valence-corrected chi connectivity index (χ4v) is 7.51. The number of hydrogen-bond acceptors (Lipinski definition) is 3. The van der Waals surface area contributed by atoms with Crippen molar-refractivity contribution in [3.63, 3.8) is 0 Å². The number of allylic oxidation sites excluding steroid dienone is 2. The second-order valence-electron chi connectivity index (χ2n) is 12.4. The Balaban J connectivity index is 0.00000386. The molecule has 0 spiro atoms. The Kier molecular flexibility index (Phi) is 9.52. The summed E-state index contributed by atoms with van der Waals surface area (Å²) in [5.74, 6) is 2.92. The molecule has 3 heterocycles. The monoisotopic (exact) mass is 805 g/mol. The molecule has 1 aliphatic rings. The normalized spacial score (nSPS) is 17.9. The molecule has 0 N–H and O–H groups in total. The minimum Gasteiger partial charge on any atom is -0.509 e. The molecule has 1 unspecified atom stereocenters. The number of fused-ring (bicyclic) bond motifs is 3. The van der Waals surface area contributed by atoms with E-state index in [9.17, 15) is 4.39 Å². The molecule has 3 aromatic heterocycles. The molecule has 47 heavy (non-hydrogen) atoms. The van der Waals surface area contributed by atoms with Crippen LogP contribution in [0.25, 0.3) is 33.3 Å². The molecule has 0 bridgehead atoms. The van der Waals surface area contributed by atoms with E-state index in [-0.39, 0.29) is 26.9 Å². The molecule has 7 heteroatoms. The molecule has 3 aromatic carbocycles. The largest absolute Gasteiger partial charge is 2.00 e. The molecule has 0 saturated heterocycles. The number of para-hydroxylation sites is 1. The maximum atomic E-state index is 14.3. The third kappa shape index (κ3) is 5.97. The van der Waals surface area contributed by atoms with Crippen LogP contribution in [0.2, 0.25) is 0 Å². The molecule has 242 valence electrons. The summed E-state index contributed by atoms with van der Waals surface area (Å²) in [6.07, 6.45) is 8.67. The second kappa shape index (κ2) is 13.6. The van der Waals surface area contributed by atoms with Gasteiger partial charge >= 0.3 is 21.1 Å². The molecule has 0 saturated carbocycles. The molecule has 0 fully saturated rings. The topological polar surface area (TPSA) is 44.9 Å². The van der Waals surface area contributed by atoms with Crippen LogP contribution in [0.1, 0.15) is 69.3 Å². The Bertz CT molecular complexity index is 2090. The van der Waals surface area contributed by atoms with Crippen LogP contribution in [0.4, 0.5) is 4.39 Å². The summed E-state index contributed by atoms with van der Waals surface area (Å²) >= 11 is 0. The van der Waals surface area contributed by atoms with Crippen LogP contribution in [0, 0.1) is 43.6 Å². The van der Waals surface area contributed by atoms with Gasteiger partial charge in [0.15, 0.2) is 0 Å². The number of rotatable bonds is 8. The second-order valence-corrected chi connectivity index (χ2v) is 12.4. The van der Waals surface area contributed by atoms with Gasteiger partial charge in [-0.3, -0.25) is 4.68 Å². The number of benzene rings is 3. The van der Waals surface area contributed by atoms with Crippen molar-refractivity contribution in [3.8, 4) is 23.0 Å². The molecule has 5 nitrogen and oxygen atoms in total. The van der Waals surface area contributed by atoms with Crippen molar-refractivity contribution < 1.29 is 30.2 Å². The molecule has 3 atom stereocenters. The first-order valence-corrected chi connectivity index (χ1v) is 16.4. The van der Waals surface area contributed by atoms with Gasteiger partial charge in [0.05, 0.1) is 5.69 Å².